The van der Waals surface area contributed by atoms with Gasteiger partial charge in [-0.2, -0.15) is 0 Å². The minimum absolute atomic E-state index is 0.319. The van der Waals surface area contributed by atoms with Gasteiger partial charge in [-0.05, 0) is 26.8 Å². The van der Waals surface area contributed by atoms with Crippen molar-refractivity contribution in [3.05, 3.63) is 16.1 Å². The molecule has 2 heterocycles. The molecule has 1 aromatic rings. The van der Waals surface area contributed by atoms with Gasteiger partial charge >= 0.3 is 0 Å². The number of likely N-dealkylation sites (N-methyl/N-ethyl adjacent to an activating group) is 1. The molecule has 2 unspecified atom stereocenters. The fourth-order valence-electron chi connectivity index (χ4n) is 2.21. The third-order valence-electron chi connectivity index (χ3n) is 3.43. The molecule has 1 aromatic heterocycles. The third kappa shape index (κ3) is 3.10. The number of hydrogen-bond acceptors (Lipinski definition) is 5. The van der Waals surface area contributed by atoms with Crippen LogP contribution in [-0.4, -0.2) is 32.2 Å². The fourth-order valence-corrected chi connectivity index (χ4v) is 5.44. The zero-order valence-corrected chi connectivity index (χ0v) is 12.5. The molecule has 1 fully saturated rings. The molecule has 1 aliphatic heterocycles. The molecule has 18 heavy (non-hydrogen) atoms. The summed E-state index contributed by atoms with van der Waals surface area (Å²) in [5.41, 5.74) is 0.998. The van der Waals surface area contributed by atoms with Gasteiger partial charge in [0.05, 0.1) is 11.4 Å². The minimum Gasteiger partial charge on any atom is -0.317 e. The largest absolute Gasteiger partial charge is 0.317 e. The summed E-state index contributed by atoms with van der Waals surface area (Å²) in [5.74, 6) is 0.319. The van der Waals surface area contributed by atoms with Crippen LogP contribution in [-0.2, 0) is 16.3 Å². The first-order chi connectivity index (χ1) is 8.53. The highest BCUT2D eigenvalue weighted by atomic mass is 32.2. The summed E-state index contributed by atoms with van der Waals surface area (Å²) >= 11 is 1.49. The first-order valence-electron chi connectivity index (χ1n) is 6.36. The van der Waals surface area contributed by atoms with Crippen molar-refractivity contribution in [1.82, 2.24) is 10.3 Å². The Balaban J connectivity index is 2.14. The molecule has 0 aromatic carbocycles. The summed E-state index contributed by atoms with van der Waals surface area (Å²) in [6.45, 7) is 2.09. The standard InChI is InChI=1S/C12H20N2O2S2/c1-9(13-2)7-10-8-17-12(14-10)11-5-3-4-6-18(11,15)16/h8-9,11,13H,3-7H2,1-2H3. The molecule has 1 saturated heterocycles. The van der Waals surface area contributed by atoms with Crippen LogP contribution in [0, 0.1) is 0 Å². The van der Waals surface area contributed by atoms with Crippen molar-refractivity contribution in [2.24, 2.45) is 0 Å². The molecule has 0 spiro atoms. The van der Waals surface area contributed by atoms with Crippen LogP contribution in [0.2, 0.25) is 0 Å². The van der Waals surface area contributed by atoms with Gasteiger partial charge in [0, 0.05) is 17.8 Å². The van der Waals surface area contributed by atoms with Gasteiger partial charge in [0.15, 0.2) is 9.84 Å². The van der Waals surface area contributed by atoms with Crippen LogP contribution in [0.25, 0.3) is 0 Å². The zero-order chi connectivity index (χ0) is 13.2. The predicted molar refractivity (Wildman–Crippen MR) is 74.7 cm³/mol. The molecule has 0 aliphatic carbocycles. The Bertz CT molecular complexity index is 496. The summed E-state index contributed by atoms with van der Waals surface area (Å²) < 4.78 is 24.0. The number of nitrogens with one attached hydrogen (secondary N) is 1. The van der Waals surface area contributed by atoms with Crippen molar-refractivity contribution in [3.8, 4) is 0 Å². The quantitative estimate of drug-likeness (QED) is 0.920. The summed E-state index contributed by atoms with van der Waals surface area (Å²) in [7, 11) is -1.04. The Labute approximate surface area is 113 Å². The molecule has 1 N–H and O–H groups in total. The van der Waals surface area contributed by atoms with Crippen molar-refractivity contribution >= 4 is 21.2 Å². The van der Waals surface area contributed by atoms with Crippen molar-refractivity contribution in [1.29, 1.82) is 0 Å². The van der Waals surface area contributed by atoms with Gasteiger partial charge in [-0.3, -0.25) is 0 Å². The van der Waals surface area contributed by atoms with Crippen molar-refractivity contribution < 1.29 is 8.42 Å². The number of rotatable bonds is 4. The number of nitrogens with zero attached hydrogens (tertiary/aromatic N) is 1. The van der Waals surface area contributed by atoms with Crippen LogP contribution in [0.4, 0.5) is 0 Å². The lowest BCUT2D eigenvalue weighted by Gasteiger charge is -2.20. The molecular formula is C12H20N2O2S2. The maximum atomic E-state index is 12.0. The van der Waals surface area contributed by atoms with Crippen molar-refractivity contribution in [3.63, 3.8) is 0 Å². The van der Waals surface area contributed by atoms with Gasteiger partial charge in [0.2, 0.25) is 0 Å². The second-order valence-corrected chi connectivity index (χ2v) is 8.12. The number of aromatic nitrogens is 1. The van der Waals surface area contributed by atoms with Crippen LogP contribution in [0.1, 0.15) is 42.1 Å². The first kappa shape index (κ1) is 14.0. The number of thiazole rings is 1. The molecule has 0 amide bonds. The normalized spacial score (nSPS) is 24.9. The highest BCUT2D eigenvalue weighted by molar-refractivity contribution is 7.91. The molecule has 0 bridgehead atoms. The SMILES string of the molecule is CNC(C)Cc1csc(C2CCCCS2(=O)=O)n1. The summed E-state index contributed by atoms with van der Waals surface area (Å²) in [5, 5.41) is 5.59. The van der Waals surface area contributed by atoms with E-state index in [0.29, 0.717) is 11.8 Å². The molecule has 2 atom stereocenters. The van der Waals surface area contributed by atoms with Crippen LogP contribution in [0.15, 0.2) is 5.38 Å². The van der Waals surface area contributed by atoms with Gasteiger partial charge < -0.3 is 5.32 Å². The van der Waals surface area contributed by atoms with Crippen molar-refractivity contribution in [2.45, 2.75) is 43.9 Å². The molecule has 0 radical (unpaired) electrons. The molecule has 1 aliphatic rings. The van der Waals surface area contributed by atoms with Gasteiger partial charge in [-0.25, -0.2) is 13.4 Å². The number of sulfone groups is 1. The predicted octanol–water partition coefficient (Wildman–Crippen LogP) is 1.93. The van der Waals surface area contributed by atoms with Crippen LogP contribution in [0.5, 0.6) is 0 Å². The lowest BCUT2D eigenvalue weighted by atomic mass is 10.2. The van der Waals surface area contributed by atoms with E-state index >= 15 is 0 Å². The zero-order valence-electron chi connectivity index (χ0n) is 10.8. The smallest absolute Gasteiger partial charge is 0.159 e. The van der Waals surface area contributed by atoms with Crippen molar-refractivity contribution in [2.75, 3.05) is 12.8 Å². The first-order valence-corrected chi connectivity index (χ1v) is 8.95. The monoisotopic (exact) mass is 288 g/mol. The number of hydrogen-bond donors (Lipinski definition) is 1. The lowest BCUT2D eigenvalue weighted by Crippen LogP contribution is -2.24. The Kier molecular flexibility index (Phi) is 4.40. The molecular weight excluding hydrogens is 268 g/mol. The molecule has 4 nitrogen and oxygen atoms in total. The van der Waals surface area contributed by atoms with Crippen LogP contribution in [0.3, 0.4) is 0 Å². The summed E-state index contributed by atoms with van der Waals surface area (Å²) in [4.78, 5) is 4.52. The van der Waals surface area contributed by atoms with E-state index in [1.54, 1.807) is 0 Å². The topological polar surface area (TPSA) is 59.1 Å². The van der Waals surface area contributed by atoms with E-state index in [0.717, 1.165) is 36.4 Å². The highest BCUT2D eigenvalue weighted by Gasteiger charge is 2.32. The van der Waals surface area contributed by atoms with Crippen LogP contribution >= 0.6 is 11.3 Å². The fraction of sp³-hybridized carbons (Fsp3) is 0.750. The van der Waals surface area contributed by atoms with Crippen LogP contribution < -0.4 is 5.32 Å². The summed E-state index contributed by atoms with van der Waals surface area (Å²) in [6, 6.07) is 0.364. The second-order valence-electron chi connectivity index (χ2n) is 4.92. The van der Waals surface area contributed by atoms with Gasteiger partial charge in [0.25, 0.3) is 0 Å². The van der Waals surface area contributed by atoms with E-state index < -0.39 is 9.84 Å². The second kappa shape index (κ2) is 5.67. The van der Waals surface area contributed by atoms with E-state index in [-0.39, 0.29) is 5.25 Å². The highest BCUT2D eigenvalue weighted by Crippen LogP contribution is 2.35. The van der Waals surface area contributed by atoms with Gasteiger partial charge in [-0.1, -0.05) is 6.42 Å². The Morgan fingerprint density at radius 3 is 3.00 bits per heavy atom. The lowest BCUT2D eigenvalue weighted by molar-refractivity contribution is 0.544. The Hall–Kier alpha value is -0.460. The van der Waals surface area contributed by atoms with E-state index in [1.165, 1.54) is 11.3 Å². The average Bonchev–Trinajstić information content (AvgIpc) is 2.76. The van der Waals surface area contributed by atoms with E-state index in [9.17, 15) is 8.42 Å². The molecule has 2 rings (SSSR count). The molecule has 0 saturated carbocycles. The van der Waals surface area contributed by atoms with E-state index in [4.69, 9.17) is 0 Å². The molecule has 102 valence electrons. The van der Waals surface area contributed by atoms with Gasteiger partial charge in [-0.15, -0.1) is 11.3 Å². The summed E-state index contributed by atoms with van der Waals surface area (Å²) in [6.07, 6.45) is 3.37. The maximum Gasteiger partial charge on any atom is 0.159 e. The Morgan fingerprint density at radius 1 is 1.56 bits per heavy atom. The van der Waals surface area contributed by atoms with E-state index in [2.05, 4.69) is 17.2 Å². The minimum atomic E-state index is -2.97. The molecule has 6 heteroatoms. The third-order valence-corrected chi connectivity index (χ3v) is 6.77. The maximum absolute atomic E-state index is 12.0. The Morgan fingerprint density at radius 2 is 2.33 bits per heavy atom. The van der Waals surface area contributed by atoms with Gasteiger partial charge in [0.1, 0.15) is 10.3 Å². The van der Waals surface area contributed by atoms with E-state index in [1.807, 2.05) is 12.4 Å². The average molecular weight is 288 g/mol.